The number of rotatable bonds is 3. The van der Waals surface area contributed by atoms with Crippen molar-refractivity contribution in [3.63, 3.8) is 0 Å². The van der Waals surface area contributed by atoms with Gasteiger partial charge in [-0.1, -0.05) is 0 Å². The van der Waals surface area contributed by atoms with E-state index in [1.807, 2.05) is 0 Å². The Balaban J connectivity index is 2.87. The van der Waals surface area contributed by atoms with E-state index < -0.39 is 42.7 Å². The molecule has 5 nitrogen and oxygen atoms in total. The van der Waals surface area contributed by atoms with Gasteiger partial charge in [-0.3, -0.25) is 9.69 Å². The molecule has 0 N–H and O–H groups in total. The zero-order chi connectivity index (χ0) is 17.1. The van der Waals surface area contributed by atoms with Gasteiger partial charge in [0.05, 0.1) is 0 Å². The molecule has 0 spiro atoms. The maximum Gasteiger partial charge on any atom is 0.411 e. The molecule has 0 saturated carbocycles. The molecule has 0 aliphatic carbocycles. The fourth-order valence-corrected chi connectivity index (χ4v) is 2.27. The molecule has 1 aliphatic heterocycles. The van der Waals surface area contributed by atoms with Crippen LogP contribution in [0.25, 0.3) is 0 Å². The van der Waals surface area contributed by atoms with Crippen molar-refractivity contribution in [1.82, 2.24) is 9.80 Å². The lowest BCUT2D eigenvalue weighted by Crippen LogP contribution is -2.59. The highest BCUT2D eigenvalue weighted by Crippen LogP contribution is 2.26. The first-order valence-electron chi connectivity index (χ1n) is 7.30. The predicted molar refractivity (Wildman–Crippen MR) is 74.3 cm³/mol. The molecule has 2 amide bonds. The minimum absolute atomic E-state index is 0.178. The minimum Gasteiger partial charge on any atom is -0.444 e. The van der Waals surface area contributed by atoms with Crippen molar-refractivity contribution in [3.05, 3.63) is 0 Å². The number of nitrogens with zero attached hydrogens (tertiary/aromatic N) is 2. The number of hydrogen-bond donors (Lipinski definition) is 0. The highest BCUT2D eigenvalue weighted by atomic mass is 19.4. The molecular formula is C14H23F3N2O3. The Bertz CT molecular complexity index is 419. The first kappa shape index (κ1) is 18.6. The van der Waals surface area contributed by atoms with Crippen LogP contribution < -0.4 is 0 Å². The lowest BCUT2D eigenvalue weighted by atomic mass is 10.1. The second kappa shape index (κ2) is 6.75. The van der Waals surface area contributed by atoms with Crippen LogP contribution in [0.1, 0.15) is 40.5 Å². The first-order valence-corrected chi connectivity index (χ1v) is 7.30. The summed E-state index contributed by atoms with van der Waals surface area (Å²) in [6, 6.07) is -1.12. The van der Waals surface area contributed by atoms with Gasteiger partial charge in [-0.05, 0) is 34.1 Å². The molecular weight excluding hydrogens is 301 g/mol. The van der Waals surface area contributed by atoms with E-state index in [0.717, 1.165) is 4.90 Å². The van der Waals surface area contributed by atoms with Crippen LogP contribution in [0.3, 0.4) is 0 Å². The van der Waals surface area contributed by atoms with Crippen molar-refractivity contribution in [2.75, 3.05) is 19.6 Å². The van der Waals surface area contributed by atoms with Crippen molar-refractivity contribution in [2.24, 2.45) is 0 Å². The molecule has 0 bridgehead atoms. The summed E-state index contributed by atoms with van der Waals surface area (Å²) in [6.07, 6.45) is -6.67. The topological polar surface area (TPSA) is 49.9 Å². The zero-order valence-corrected chi connectivity index (χ0v) is 13.4. The Morgan fingerprint density at radius 3 is 2.32 bits per heavy atom. The molecule has 1 atom stereocenters. The summed E-state index contributed by atoms with van der Waals surface area (Å²) in [5, 5.41) is 0. The Morgan fingerprint density at radius 2 is 1.86 bits per heavy atom. The lowest BCUT2D eigenvalue weighted by Gasteiger charge is -2.40. The van der Waals surface area contributed by atoms with Crippen LogP contribution in [0.4, 0.5) is 18.0 Å². The Labute approximate surface area is 128 Å². The summed E-state index contributed by atoms with van der Waals surface area (Å²) in [7, 11) is 0. The number of amides is 2. The van der Waals surface area contributed by atoms with E-state index in [1.54, 1.807) is 27.7 Å². The highest BCUT2D eigenvalue weighted by Gasteiger charge is 2.41. The molecule has 0 aromatic rings. The maximum atomic E-state index is 12.5. The van der Waals surface area contributed by atoms with E-state index >= 15 is 0 Å². The number of halogens is 3. The Morgan fingerprint density at radius 1 is 1.27 bits per heavy atom. The maximum absolute atomic E-state index is 12.5. The van der Waals surface area contributed by atoms with Gasteiger partial charge < -0.3 is 9.64 Å². The van der Waals surface area contributed by atoms with Gasteiger partial charge in [0.2, 0.25) is 5.91 Å². The molecule has 0 aromatic heterocycles. The Hall–Kier alpha value is -1.47. The molecule has 1 unspecified atom stereocenters. The van der Waals surface area contributed by atoms with E-state index in [2.05, 4.69) is 0 Å². The average Bonchev–Trinajstić information content (AvgIpc) is 2.33. The van der Waals surface area contributed by atoms with Crippen LogP contribution in [0.15, 0.2) is 0 Å². The van der Waals surface area contributed by atoms with Gasteiger partial charge in [0.25, 0.3) is 0 Å². The van der Waals surface area contributed by atoms with Gasteiger partial charge in [-0.15, -0.1) is 0 Å². The van der Waals surface area contributed by atoms with Crippen molar-refractivity contribution in [2.45, 2.75) is 58.4 Å². The molecule has 1 heterocycles. The molecule has 1 aliphatic rings. The third kappa shape index (κ3) is 5.38. The summed E-state index contributed by atoms with van der Waals surface area (Å²) < 4.78 is 42.6. The summed E-state index contributed by atoms with van der Waals surface area (Å²) in [6.45, 7) is 7.64. The van der Waals surface area contributed by atoms with E-state index in [9.17, 15) is 22.8 Å². The zero-order valence-electron chi connectivity index (χ0n) is 13.4. The molecule has 1 rings (SSSR count). The average molecular weight is 324 g/mol. The third-order valence-electron chi connectivity index (χ3n) is 3.29. The molecule has 1 saturated heterocycles. The Kier molecular flexibility index (Phi) is 5.70. The number of ether oxygens (including phenoxy) is 1. The van der Waals surface area contributed by atoms with Crippen LogP contribution in [-0.2, 0) is 9.53 Å². The monoisotopic (exact) mass is 324 g/mol. The van der Waals surface area contributed by atoms with E-state index in [1.165, 1.54) is 4.90 Å². The molecule has 0 aromatic carbocycles. The smallest absolute Gasteiger partial charge is 0.411 e. The van der Waals surface area contributed by atoms with Gasteiger partial charge in [0.15, 0.2) is 0 Å². The van der Waals surface area contributed by atoms with E-state index in [-0.39, 0.29) is 6.54 Å². The normalized spacial score (nSPS) is 20.3. The van der Waals surface area contributed by atoms with Crippen LogP contribution in [0, 0.1) is 0 Å². The molecule has 1 fully saturated rings. The van der Waals surface area contributed by atoms with Crippen molar-refractivity contribution >= 4 is 12.0 Å². The summed E-state index contributed by atoms with van der Waals surface area (Å²) >= 11 is 0. The fraction of sp³-hybridized carbons (Fsp3) is 0.857. The van der Waals surface area contributed by atoms with Gasteiger partial charge in [0, 0.05) is 26.1 Å². The fourth-order valence-electron chi connectivity index (χ4n) is 2.27. The van der Waals surface area contributed by atoms with Crippen molar-refractivity contribution < 1.29 is 27.5 Å². The molecule has 128 valence electrons. The summed E-state index contributed by atoms with van der Waals surface area (Å²) in [4.78, 5) is 27.0. The standard InChI is InChI=1S/C14H23F3N2O3/c1-5-18-8-9-19(12(21)22-13(2,3)4)10(11(18)20)6-7-14(15,16)17/h10H,5-9H2,1-4H3. The third-order valence-corrected chi connectivity index (χ3v) is 3.29. The SMILES string of the molecule is CCN1CCN(C(=O)OC(C)(C)C)C(CCC(F)(F)F)C1=O. The number of carbonyl (C=O) groups is 2. The lowest BCUT2D eigenvalue weighted by molar-refractivity contribution is -0.150. The quantitative estimate of drug-likeness (QED) is 0.802. The van der Waals surface area contributed by atoms with E-state index in [4.69, 9.17) is 4.74 Å². The number of carbonyl (C=O) groups excluding carboxylic acids is 2. The van der Waals surface area contributed by atoms with Gasteiger partial charge >= 0.3 is 12.3 Å². The molecule has 0 radical (unpaired) electrons. The van der Waals surface area contributed by atoms with Crippen molar-refractivity contribution in [1.29, 1.82) is 0 Å². The second-order valence-corrected chi connectivity index (χ2v) is 6.26. The van der Waals surface area contributed by atoms with Crippen LogP contribution in [0.5, 0.6) is 0 Å². The summed E-state index contributed by atoms with van der Waals surface area (Å²) in [5.74, 6) is -0.455. The first-order chi connectivity index (χ1) is 9.94. The second-order valence-electron chi connectivity index (χ2n) is 6.26. The van der Waals surface area contributed by atoms with Gasteiger partial charge in [-0.25, -0.2) is 4.79 Å². The van der Waals surface area contributed by atoms with E-state index in [0.29, 0.717) is 13.1 Å². The van der Waals surface area contributed by atoms with Gasteiger partial charge in [-0.2, -0.15) is 13.2 Å². The number of likely N-dealkylation sites (N-methyl/N-ethyl adjacent to an activating group) is 1. The number of hydrogen-bond acceptors (Lipinski definition) is 3. The number of piperazine rings is 1. The molecule has 22 heavy (non-hydrogen) atoms. The summed E-state index contributed by atoms with van der Waals surface area (Å²) in [5.41, 5.74) is -0.767. The molecule has 8 heteroatoms. The van der Waals surface area contributed by atoms with Gasteiger partial charge in [0.1, 0.15) is 11.6 Å². The predicted octanol–water partition coefficient (Wildman–Crippen LogP) is 2.80. The van der Waals surface area contributed by atoms with Crippen LogP contribution in [0.2, 0.25) is 0 Å². The minimum atomic E-state index is -4.37. The number of alkyl halides is 3. The largest absolute Gasteiger partial charge is 0.444 e. The highest BCUT2D eigenvalue weighted by molar-refractivity contribution is 5.87. The van der Waals surface area contributed by atoms with Crippen LogP contribution in [-0.4, -0.2) is 59.3 Å². The van der Waals surface area contributed by atoms with Crippen molar-refractivity contribution in [3.8, 4) is 0 Å². The van der Waals surface area contributed by atoms with Crippen LogP contribution >= 0.6 is 0 Å².